The maximum absolute atomic E-state index is 12.4. The third-order valence-electron chi connectivity index (χ3n) is 4.55. The summed E-state index contributed by atoms with van der Waals surface area (Å²) in [5, 5.41) is 0.659. The molecule has 2 aromatic carbocycles. The average molecular weight is 334 g/mol. The minimum Gasteiger partial charge on any atom is -0.497 e. The van der Waals surface area contributed by atoms with Crippen molar-refractivity contribution in [3.05, 3.63) is 64.2 Å². The van der Waals surface area contributed by atoms with E-state index < -0.39 is 0 Å². The van der Waals surface area contributed by atoms with Gasteiger partial charge in [0.05, 0.1) is 25.1 Å². The fraction of sp³-hybridized carbons (Fsp3) is 0.200. The monoisotopic (exact) mass is 334 g/mol. The molecule has 0 amide bonds. The molecule has 0 atom stereocenters. The van der Waals surface area contributed by atoms with E-state index in [1.165, 1.54) is 0 Å². The van der Waals surface area contributed by atoms with E-state index in [1.54, 1.807) is 14.2 Å². The van der Waals surface area contributed by atoms with Crippen LogP contribution in [-0.2, 0) is 6.54 Å². The smallest absolute Gasteiger partial charge is 0.281 e. The molecular weight excluding hydrogens is 316 g/mol. The van der Waals surface area contributed by atoms with Gasteiger partial charge < -0.3 is 14.0 Å². The highest BCUT2D eigenvalue weighted by atomic mass is 16.5. The Morgan fingerprint density at radius 3 is 2.76 bits per heavy atom. The molecule has 2 heterocycles. The van der Waals surface area contributed by atoms with Crippen molar-refractivity contribution in [1.82, 2.24) is 9.55 Å². The van der Waals surface area contributed by atoms with Crippen molar-refractivity contribution in [2.24, 2.45) is 0 Å². The number of nitrogens with zero attached hydrogens (tertiary/aromatic N) is 2. The maximum Gasteiger partial charge on any atom is 0.281 e. The average Bonchev–Trinajstić information content (AvgIpc) is 3.04. The molecule has 0 fully saturated rings. The number of para-hydroxylation sites is 1. The van der Waals surface area contributed by atoms with Crippen LogP contribution < -0.4 is 15.0 Å². The number of ether oxygens (including phenoxy) is 2. The third kappa shape index (κ3) is 2.58. The Balaban J connectivity index is 1.89. The van der Waals surface area contributed by atoms with Crippen molar-refractivity contribution in [3.8, 4) is 11.5 Å². The number of rotatable bonds is 3. The number of benzene rings is 2. The van der Waals surface area contributed by atoms with E-state index >= 15 is 0 Å². The van der Waals surface area contributed by atoms with Crippen LogP contribution in [0, 0.1) is 0 Å². The Kier molecular flexibility index (Phi) is 3.76. The highest BCUT2D eigenvalue weighted by Crippen LogP contribution is 2.33. The Morgan fingerprint density at radius 2 is 1.96 bits per heavy atom. The van der Waals surface area contributed by atoms with E-state index in [1.807, 2.05) is 48.5 Å². The van der Waals surface area contributed by atoms with Gasteiger partial charge in [0.2, 0.25) is 0 Å². The molecule has 0 unspecified atom stereocenters. The molecule has 1 aliphatic rings. The summed E-state index contributed by atoms with van der Waals surface area (Å²) in [5.41, 5.74) is 2.67. The molecule has 126 valence electrons. The van der Waals surface area contributed by atoms with Gasteiger partial charge in [0.15, 0.2) is 0 Å². The molecule has 0 radical (unpaired) electrons. The Bertz CT molecular complexity index is 1050. The Labute approximate surface area is 145 Å². The third-order valence-corrected chi connectivity index (χ3v) is 4.55. The largest absolute Gasteiger partial charge is 0.497 e. The molecule has 0 aliphatic carbocycles. The van der Waals surface area contributed by atoms with Crippen LogP contribution in [0.1, 0.15) is 17.8 Å². The van der Waals surface area contributed by atoms with E-state index in [2.05, 4.69) is 9.55 Å². The molecule has 3 aromatic rings. The van der Waals surface area contributed by atoms with E-state index in [4.69, 9.17) is 9.47 Å². The second-order valence-electron chi connectivity index (χ2n) is 5.94. The zero-order valence-electron chi connectivity index (χ0n) is 14.2. The van der Waals surface area contributed by atoms with Gasteiger partial charge in [-0.25, -0.2) is 0 Å². The van der Waals surface area contributed by atoms with Crippen LogP contribution in [0.3, 0.4) is 0 Å². The lowest BCUT2D eigenvalue weighted by atomic mass is 10.1. The molecule has 4 rings (SSSR count). The fourth-order valence-electron chi connectivity index (χ4n) is 3.31. The van der Waals surface area contributed by atoms with Gasteiger partial charge in [0, 0.05) is 12.1 Å². The molecule has 1 aliphatic heterocycles. The number of fused-ring (bicyclic) bond motifs is 3. The van der Waals surface area contributed by atoms with Crippen LogP contribution in [0.4, 0.5) is 0 Å². The van der Waals surface area contributed by atoms with Crippen molar-refractivity contribution in [2.75, 3.05) is 14.2 Å². The number of hydrogen-bond acceptors (Lipinski definition) is 4. The lowest BCUT2D eigenvalue weighted by molar-refractivity contribution is 0.402. The molecule has 5 heteroatoms. The first kappa shape index (κ1) is 15.4. The van der Waals surface area contributed by atoms with Crippen LogP contribution in [0.15, 0.2) is 47.3 Å². The summed E-state index contributed by atoms with van der Waals surface area (Å²) in [6, 6.07) is 13.3. The van der Waals surface area contributed by atoms with Gasteiger partial charge in [-0.05, 0) is 48.4 Å². The van der Waals surface area contributed by atoms with E-state index in [-0.39, 0.29) is 5.56 Å². The summed E-state index contributed by atoms with van der Waals surface area (Å²) in [4.78, 5) is 16.7. The zero-order chi connectivity index (χ0) is 17.4. The van der Waals surface area contributed by atoms with Gasteiger partial charge >= 0.3 is 0 Å². The molecular formula is C20H18N2O3. The predicted molar refractivity (Wildman–Crippen MR) is 98.0 cm³/mol. The van der Waals surface area contributed by atoms with Gasteiger partial charge in [0.25, 0.3) is 5.56 Å². The van der Waals surface area contributed by atoms with E-state index in [0.29, 0.717) is 5.39 Å². The van der Waals surface area contributed by atoms with Crippen LogP contribution in [0.5, 0.6) is 11.5 Å². The summed E-state index contributed by atoms with van der Waals surface area (Å²) >= 11 is 0. The minimum atomic E-state index is -0.188. The first-order chi connectivity index (χ1) is 12.2. The van der Waals surface area contributed by atoms with Crippen molar-refractivity contribution in [3.63, 3.8) is 0 Å². The quantitative estimate of drug-likeness (QED) is 0.737. The van der Waals surface area contributed by atoms with Gasteiger partial charge in [0.1, 0.15) is 17.3 Å². The van der Waals surface area contributed by atoms with Gasteiger partial charge in [-0.15, -0.1) is 0 Å². The fourth-order valence-corrected chi connectivity index (χ4v) is 3.31. The van der Waals surface area contributed by atoms with Crippen LogP contribution in [-0.4, -0.2) is 23.8 Å². The second-order valence-corrected chi connectivity index (χ2v) is 5.94. The van der Waals surface area contributed by atoms with Crippen LogP contribution in [0.2, 0.25) is 0 Å². The number of aromatic nitrogens is 2. The van der Waals surface area contributed by atoms with Crippen molar-refractivity contribution in [1.29, 1.82) is 0 Å². The van der Waals surface area contributed by atoms with Gasteiger partial charge in [-0.3, -0.25) is 4.79 Å². The Morgan fingerprint density at radius 1 is 1.12 bits per heavy atom. The molecule has 5 nitrogen and oxygen atoms in total. The summed E-state index contributed by atoms with van der Waals surface area (Å²) < 4.78 is 12.9. The molecule has 0 saturated carbocycles. The van der Waals surface area contributed by atoms with Gasteiger partial charge in [-0.1, -0.05) is 12.1 Å². The van der Waals surface area contributed by atoms with Crippen LogP contribution >= 0.6 is 0 Å². The zero-order valence-corrected chi connectivity index (χ0v) is 14.2. The van der Waals surface area contributed by atoms with Crippen molar-refractivity contribution >= 4 is 22.6 Å². The standard InChI is InChI=1S/C20H18N2O3/c1-24-15-7-8-18(25-2)14(12-15)11-13-9-10-22-17-6-4-3-5-16(17)20(23)21-19(13)22/h3-8,11-12H,9-10H2,1-2H3/b13-11+. The molecule has 0 bridgehead atoms. The first-order valence-electron chi connectivity index (χ1n) is 8.14. The maximum atomic E-state index is 12.4. The predicted octanol–water partition coefficient (Wildman–Crippen LogP) is 3.36. The van der Waals surface area contributed by atoms with Crippen molar-refractivity contribution < 1.29 is 9.47 Å². The molecule has 25 heavy (non-hydrogen) atoms. The molecule has 0 saturated heterocycles. The summed E-state index contributed by atoms with van der Waals surface area (Å²) in [7, 11) is 3.28. The summed E-state index contributed by atoms with van der Waals surface area (Å²) in [6.07, 6.45) is 2.85. The van der Waals surface area contributed by atoms with Crippen molar-refractivity contribution in [2.45, 2.75) is 13.0 Å². The normalized spacial score (nSPS) is 14.7. The van der Waals surface area contributed by atoms with E-state index in [0.717, 1.165) is 46.9 Å². The first-order valence-corrected chi connectivity index (χ1v) is 8.14. The molecule has 0 N–H and O–H groups in total. The number of allylic oxidation sites excluding steroid dienone is 1. The van der Waals surface area contributed by atoms with Gasteiger partial charge in [-0.2, -0.15) is 4.98 Å². The number of methoxy groups -OCH3 is 2. The Hall–Kier alpha value is -3.08. The molecule has 0 spiro atoms. The minimum absolute atomic E-state index is 0.188. The van der Waals surface area contributed by atoms with E-state index in [9.17, 15) is 4.79 Å². The SMILES string of the molecule is COc1ccc(OC)c(/C=C2\CCn3c2nc(=O)c2ccccc23)c1. The number of hydrogen-bond donors (Lipinski definition) is 0. The highest BCUT2D eigenvalue weighted by Gasteiger charge is 2.20. The lowest BCUT2D eigenvalue weighted by Gasteiger charge is -2.09. The number of aryl methyl sites for hydroxylation is 1. The highest BCUT2D eigenvalue weighted by molar-refractivity contribution is 5.86. The lowest BCUT2D eigenvalue weighted by Crippen LogP contribution is -2.14. The molecule has 1 aromatic heterocycles. The summed E-state index contributed by atoms with van der Waals surface area (Å²) in [6.45, 7) is 0.807. The topological polar surface area (TPSA) is 53.4 Å². The summed E-state index contributed by atoms with van der Waals surface area (Å²) in [5.74, 6) is 2.25. The van der Waals surface area contributed by atoms with Crippen LogP contribution in [0.25, 0.3) is 22.6 Å². The second kappa shape index (κ2) is 6.09.